The normalized spacial score (nSPS) is 12.4. The lowest BCUT2D eigenvalue weighted by Crippen LogP contribution is -2.27. The maximum absolute atomic E-state index is 11.8. The molecule has 0 aliphatic carbocycles. The summed E-state index contributed by atoms with van der Waals surface area (Å²) in [4.78, 5) is 23.6. The third kappa shape index (κ3) is 7.62. The summed E-state index contributed by atoms with van der Waals surface area (Å²) in [5, 5.41) is 4.95. The van der Waals surface area contributed by atoms with Gasteiger partial charge >= 0.3 is 5.97 Å². The van der Waals surface area contributed by atoms with Crippen LogP contribution in [0.4, 0.5) is 0 Å². The lowest BCUT2D eigenvalue weighted by molar-refractivity contribution is -0.145. The first-order chi connectivity index (χ1) is 12.4. The van der Waals surface area contributed by atoms with E-state index < -0.39 is 5.92 Å². The van der Waals surface area contributed by atoms with Gasteiger partial charge < -0.3 is 9.47 Å². The maximum Gasteiger partial charge on any atom is 0.314 e. The summed E-state index contributed by atoms with van der Waals surface area (Å²) in [5.41, 5.74) is 2.97. The van der Waals surface area contributed by atoms with E-state index in [9.17, 15) is 9.59 Å². The summed E-state index contributed by atoms with van der Waals surface area (Å²) < 4.78 is 10.5. The number of halogens is 2. The van der Waals surface area contributed by atoms with E-state index in [4.69, 9.17) is 32.7 Å². The van der Waals surface area contributed by atoms with Crippen LogP contribution in [0.3, 0.4) is 0 Å². The van der Waals surface area contributed by atoms with E-state index in [0.717, 1.165) is 0 Å². The third-order valence-corrected chi connectivity index (χ3v) is 4.07. The molecule has 1 aromatic rings. The first kappa shape index (κ1) is 22.3. The monoisotopic (exact) mass is 402 g/mol. The molecule has 0 radical (unpaired) electrons. The Labute approximate surface area is 163 Å². The quantitative estimate of drug-likeness (QED) is 0.275. The van der Waals surface area contributed by atoms with Crippen molar-refractivity contribution in [1.29, 1.82) is 0 Å². The molecule has 1 N–H and O–H groups in total. The van der Waals surface area contributed by atoms with Crippen LogP contribution in [-0.2, 0) is 14.3 Å². The van der Waals surface area contributed by atoms with Gasteiger partial charge in [0, 0.05) is 17.2 Å². The minimum Gasteiger partial charge on any atom is -0.492 e. The zero-order valence-corrected chi connectivity index (χ0v) is 16.7. The van der Waals surface area contributed by atoms with Crippen molar-refractivity contribution in [3.05, 3.63) is 28.2 Å². The molecule has 0 fully saturated rings. The first-order valence-electron chi connectivity index (χ1n) is 8.46. The number of amides is 1. The number of carbonyl (C=O) groups excluding carboxylic acids is 2. The van der Waals surface area contributed by atoms with Gasteiger partial charge in [0.25, 0.3) is 0 Å². The average molecular weight is 403 g/mol. The van der Waals surface area contributed by atoms with Gasteiger partial charge in [-0.15, -0.1) is 0 Å². The van der Waals surface area contributed by atoms with Gasteiger partial charge in [-0.1, -0.05) is 30.1 Å². The Morgan fingerprint density at radius 1 is 1.27 bits per heavy atom. The van der Waals surface area contributed by atoms with Crippen molar-refractivity contribution in [1.82, 2.24) is 5.43 Å². The fraction of sp³-hybridized carbons (Fsp3) is 0.500. The molecule has 1 rings (SSSR count). The van der Waals surface area contributed by atoms with Gasteiger partial charge in [0.1, 0.15) is 5.75 Å². The number of nitrogens with zero attached hydrogens (tertiary/aromatic N) is 1. The summed E-state index contributed by atoms with van der Waals surface area (Å²) in [6.07, 6.45) is 1.28. The number of benzene rings is 1. The lowest BCUT2D eigenvalue weighted by atomic mass is 10.0. The largest absolute Gasteiger partial charge is 0.492 e. The van der Waals surface area contributed by atoms with Crippen LogP contribution >= 0.6 is 23.2 Å². The Bertz CT molecular complexity index is 650. The van der Waals surface area contributed by atoms with E-state index >= 15 is 0 Å². The van der Waals surface area contributed by atoms with Crippen molar-refractivity contribution >= 4 is 40.8 Å². The number of carbonyl (C=O) groups is 2. The molecule has 6 nitrogen and oxygen atoms in total. The number of ether oxygens (including phenoxy) is 2. The van der Waals surface area contributed by atoms with Gasteiger partial charge in [0.2, 0.25) is 5.91 Å². The topological polar surface area (TPSA) is 77.0 Å². The Kier molecular flexibility index (Phi) is 10.1. The van der Waals surface area contributed by atoms with E-state index in [-0.39, 0.29) is 18.3 Å². The second-order valence-corrected chi connectivity index (χ2v) is 6.37. The number of hydrazone groups is 1. The smallest absolute Gasteiger partial charge is 0.314 e. The molecule has 0 spiro atoms. The highest BCUT2D eigenvalue weighted by atomic mass is 35.5. The van der Waals surface area contributed by atoms with E-state index in [0.29, 0.717) is 47.6 Å². The Morgan fingerprint density at radius 2 is 2.00 bits per heavy atom. The molecular formula is C18H24Cl2N2O4. The summed E-state index contributed by atoms with van der Waals surface area (Å²) in [6.45, 7) is 5.95. The van der Waals surface area contributed by atoms with Crippen molar-refractivity contribution in [3.63, 3.8) is 0 Å². The molecule has 26 heavy (non-hydrogen) atoms. The highest BCUT2D eigenvalue weighted by Crippen LogP contribution is 2.27. The van der Waals surface area contributed by atoms with Crippen LogP contribution in [0.25, 0.3) is 0 Å². The minimum atomic E-state index is -0.453. The van der Waals surface area contributed by atoms with Crippen molar-refractivity contribution in [3.8, 4) is 5.75 Å². The van der Waals surface area contributed by atoms with Gasteiger partial charge in [-0.25, -0.2) is 5.43 Å². The van der Waals surface area contributed by atoms with Crippen molar-refractivity contribution in [2.45, 2.75) is 40.0 Å². The fourth-order valence-corrected chi connectivity index (χ4v) is 2.63. The third-order valence-electron chi connectivity index (χ3n) is 3.54. The molecule has 8 heteroatoms. The molecule has 144 valence electrons. The Balaban J connectivity index is 2.38. The second kappa shape index (κ2) is 11.8. The molecule has 0 aromatic heterocycles. The van der Waals surface area contributed by atoms with E-state index in [1.165, 1.54) is 0 Å². The molecule has 0 saturated carbocycles. The van der Waals surface area contributed by atoms with E-state index in [2.05, 4.69) is 10.5 Å². The molecule has 0 aliphatic rings. The molecular weight excluding hydrogens is 379 g/mol. The molecule has 0 aliphatic heterocycles. The van der Waals surface area contributed by atoms with Crippen LogP contribution in [0.1, 0.15) is 40.0 Å². The lowest BCUT2D eigenvalue weighted by Gasteiger charge is -2.13. The molecule has 0 bridgehead atoms. The number of hydrogen-bond acceptors (Lipinski definition) is 5. The highest BCUT2D eigenvalue weighted by Gasteiger charge is 2.21. The number of rotatable bonds is 10. The molecule has 1 aromatic carbocycles. The number of hydrogen-bond donors (Lipinski definition) is 1. The predicted octanol–water partition coefficient (Wildman–Crippen LogP) is 4.23. The summed E-state index contributed by atoms with van der Waals surface area (Å²) in [6, 6.07) is 4.95. The SMILES string of the molecule is CCOC(=O)C(CC)/C(C)=N/NC(=O)CCCOc1ccc(Cl)cc1Cl. The van der Waals surface area contributed by atoms with Gasteiger partial charge in [-0.3, -0.25) is 9.59 Å². The highest BCUT2D eigenvalue weighted by molar-refractivity contribution is 6.35. The number of nitrogens with one attached hydrogen (secondary N) is 1. The molecule has 1 atom stereocenters. The zero-order valence-electron chi connectivity index (χ0n) is 15.2. The minimum absolute atomic E-state index is 0.234. The van der Waals surface area contributed by atoms with Gasteiger partial charge in [-0.2, -0.15) is 5.10 Å². The van der Waals surface area contributed by atoms with Gasteiger partial charge in [0.15, 0.2) is 0 Å². The molecule has 1 amide bonds. The van der Waals surface area contributed by atoms with Crippen LogP contribution in [-0.4, -0.2) is 30.8 Å². The van der Waals surface area contributed by atoms with E-state index in [1.54, 1.807) is 32.0 Å². The summed E-state index contributed by atoms with van der Waals surface area (Å²) in [7, 11) is 0. The average Bonchev–Trinajstić information content (AvgIpc) is 2.59. The predicted molar refractivity (Wildman–Crippen MR) is 103 cm³/mol. The van der Waals surface area contributed by atoms with Crippen molar-refractivity contribution < 1.29 is 19.1 Å². The van der Waals surface area contributed by atoms with Crippen LogP contribution < -0.4 is 10.2 Å². The van der Waals surface area contributed by atoms with Crippen LogP contribution in [0.15, 0.2) is 23.3 Å². The summed E-state index contributed by atoms with van der Waals surface area (Å²) in [5.74, 6) is -0.524. The van der Waals surface area contributed by atoms with Crippen molar-refractivity contribution in [2.24, 2.45) is 11.0 Å². The maximum atomic E-state index is 11.8. The van der Waals surface area contributed by atoms with Crippen molar-refractivity contribution in [2.75, 3.05) is 13.2 Å². The molecule has 1 unspecified atom stereocenters. The van der Waals surface area contributed by atoms with Gasteiger partial charge in [-0.05, 0) is 44.9 Å². The zero-order chi connectivity index (χ0) is 19.5. The Morgan fingerprint density at radius 3 is 2.62 bits per heavy atom. The fourth-order valence-electron chi connectivity index (χ4n) is 2.17. The molecule has 0 saturated heterocycles. The second-order valence-electron chi connectivity index (χ2n) is 5.53. The number of esters is 1. The van der Waals surface area contributed by atoms with Crippen LogP contribution in [0.2, 0.25) is 10.0 Å². The summed E-state index contributed by atoms with van der Waals surface area (Å²) >= 11 is 11.8. The first-order valence-corrected chi connectivity index (χ1v) is 9.22. The molecule has 0 heterocycles. The van der Waals surface area contributed by atoms with Crippen LogP contribution in [0.5, 0.6) is 5.75 Å². The van der Waals surface area contributed by atoms with Crippen LogP contribution in [0, 0.1) is 5.92 Å². The van der Waals surface area contributed by atoms with Gasteiger partial charge in [0.05, 0.1) is 24.2 Å². The standard InChI is InChI=1S/C18H24Cl2N2O4/c1-4-14(18(24)25-5-2)12(3)21-22-17(23)7-6-10-26-16-9-8-13(19)11-15(16)20/h8-9,11,14H,4-7,10H2,1-3H3,(H,22,23)/b21-12+. The Hall–Kier alpha value is -1.79. The van der Waals surface area contributed by atoms with E-state index in [1.807, 2.05) is 6.92 Å².